The first-order chi connectivity index (χ1) is 12.5. The van der Waals surface area contributed by atoms with Gasteiger partial charge in [0.1, 0.15) is 5.75 Å². The number of hydrogen-bond acceptors (Lipinski definition) is 3. The number of phenolic OH excluding ortho intramolecular Hbond substituents is 1. The van der Waals surface area contributed by atoms with Crippen molar-refractivity contribution in [1.29, 1.82) is 0 Å². The number of benzene rings is 2. The Morgan fingerprint density at radius 3 is 1.93 bits per heavy atom. The predicted octanol–water partition coefficient (Wildman–Crippen LogP) is 5.96. The number of hydrogen-bond donors (Lipinski definition) is 2. The van der Waals surface area contributed by atoms with E-state index < -0.39 is 11.3 Å². The lowest BCUT2D eigenvalue weighted by Gasteiger charge is -2.24. The van der Waals surface area contributed by atoms with Gasteiger partial charge in [0.2, 0.25) is 0 Å². The summed E-state index contributed by atoms with van der Waals surface area (Å²) in [6.45, 7) is 12.2. The second-order valence-corrected chi connectivity index (χ2v) is 8.67. The molecular formula is C21H27ClNO3S-. The maximum Gasteiger partial charge on any atom is 0.137 e. The van der Waals surface area contributed by atoms with Crippen LogP contribution in [0.4, 0.5) is 5.69 Å². The van der Waals surface area contributed by atoms with Gasteiger partial charge in [0.05, 0.1) is 10.7 Å². The molecule has 148 valence electrons. The molecule has 6 heteroatoms. The van der Waals surface area contributed by atoms with Crippen molar-refractivity contribution in [3.8, 4) is 5.75 Å². The summed E-state index contributed by atoms with van der Waals surface area (Å²) in [5.74, 6) is 0.502. The zero-order valence-corrected chi connectivity index (χ0v) is 18.2. The summed E-state index contributed by atoms with van der Waals surface area (Å²) in [5, 5.41) is 10.5. The monoisotopic (exact) mass is 408 g/mol. The summed E-state index contributed by atoms with van der Waals surface area (Å²) in [6, 6.07) is 8.09. The van der Waals surface area contributed by atoms with Gasteiger partial charge >= 0.3 is 0 Å². The minimum Gasteiger partial charge on any atom is -0.755 e. The Kier molecular flexibility index (Phi) is 6.95. The molecule has 4 nitrogen and oxygen atoms in total. The molecule has 0 saturated carbocycles. The van der Waals surface area contributed by atoms with Crippen molar-refractivity contribution < 1.29 is 13.9 Å². The van der Waals surface area contributed by atoms with E-state index in [2.05, 4.69) is 50.6 Å². The Morgan fingerprint density at radius 1 is 1.00 bits per heavy atom. The first-order valence-electron chi connectivity index (χ1n) is 9.05. The van der Waals surface area contributed by atoms with Crippen LogP contribution >= 0.6 is 11.6 Å². The van der Waals surface area contributed by atoms with Crippen LogP contribution in [0.25, 0.3) is 0 Å². The molecule has 0 radical (unpaired) electrons. The molecule has 2 unspecified atom stereocenters. The molecule has 2 aromatic rings. The molecule has 0 aromatic heterocycles. The van der Waals surface area contributed by atoms with E-state index in [-0.39, 0.29) is 16.7 Å². The van der Waals surface area contributed by atoms with Gasteiger partial charge < -0.3 is 14.4 Å². The molecule has 0 saturated heterocycles. The Bertz CT molecular complexity index is 839. The smallest absolute Gasteiger partial charge is 0.137 e. The van der Waals surface area contributed by atoms with Crippen LogP contribution in [0.15, 0.2) is 24.3 Å². The van der Waals surface area contributed by atoms with Crippen molar-refractivity contribution in [2.24, 2.45) is 0 Å². The Morgan fingerprint density at radius 2 is 1.48 bits per heavy atom. The minimum absolute atomic E-state index is 0.0233. The van der Waals surface area contributed by atoms with Crippen LogP contribution in [0.2, 0.25) is 5.02 Å². The number of rotatable bonds is 6. The standard InChI is InChI=1S/C21H28ClNO3S/c1-11(2)15-8-16(12(3)4)10-17(9-15)14(6)19-18(23-27(25)26)7-13(5)21(24)20(19)22/h7-12,14,23-24H,1-6H3,(H,25,26)/p-1. The quantitative estimate of drug-likeness (QED) is 0.457. The number of nitrogens with one attached hydrogen (secondary N) is 1. The van der Waals surface area contributed by atoms with Crippen molar-refractivity contribution >= 4 is 28.6 Å². The van der Waals surface area contributed by atoms with Gasteiger partial charge in [-0.1, -0.05) is 64.4 Å². The zero-order chi connectivity index (χ0) is 20.5. The van der Waals surface area contributed by atoms with Gasteiger partial charge in [-0.25, -0.2) is 0 Å². The number of aromatic hydroxyl groups is 1. The molecular weight excluding hydrogens is 382 g/mol. The van der Waals surface area contributed by atoms with Crippen molar-refractivity contribution in [2.75, 3.05) is 4.72 Å². The molecule has 0 aliphatic rings. The average Bonchev–Trinajstić information content (AvgIpc) is 2.58. The first-order valence-corrected chi connectivity index (χ1v) is 10.5. The molecule has 0 amide bonds. The van der Waals surface area contributed by atoms with E-state index in [1.807, 2.05) is 6.92 Å². The SMILES string of the molecule is Cc1cc(NS(=O)[O-])c(C(C)c2cc(C(C)C)cc(C(C)C)c2)c(Cl)c1O. The fraction of sp³-hybridized carbons (Fsp3) is 0.429. The largest absolute Gasteiger partial charge is 0.755 e. The Hall–Kier alpha value is -1.56. The molecule has 0 heterocycles. The molecule has 2 N–H and O–H groups in total. The van der Waals surface area contributed by atoms with Gasteiger partial charge in [0.25, 0.3) is 0 Å². The van der Waals surface area contributed by atoms with Crippen LogP contribution in [0.5, 0.6) is 5.75 Å². The fourth-order valence-electron chi connectivity index (χ4n) is 3.16. The molecule has 0 aliphatic carbocycles. The first kappa shape index (κ1) is 21.7. The highest BCUT2D eigenvalue weighted by Gasteiger charge is 2.22. The maximum atomic E-state index is 11.3. The normalized spacial score (nSPS) is 13.9. The van der Waals surface area contributed by atoms with Crippen LogP contribution in [0, 0.1) is 6.92 Å². The highest BCUT2D eigenvalue weighted by molar-refractivity contribution is 7.80. The van der Waals surface area contributed by atoms with Crippen LogP contribution in [-0.4, -0.2) is 13.9 Å². The number of halogens is 1. The lowest BCUT2D eigenvalue weighted by atomic mass is 9.85. The number of anilines is 1. The van der Waals surface area contributed by atoms with Crippen molar-refractivity contribution in [3.05, 3.63) is 57.1 Å². The lowest BCUT2D eigenvalue weighted by Crippen LogP contribution is -2.09. The van der Waals surface area contributed by atoms with E-state index in [9.17, 15) is 13.9 Å². The number of aryl methyl sites for hydroxylation is 1. The summed E-state index contributed by atoms with van der Waals surface area (Å²) in [5.41, 5.74) is 4.95. The molecule has 0 spiro atoms. The maximum absolute atomic E-state index is 11.3. The van der Waals surface area contributed by atoms with Crippen LogP contribution in [0.3, 0.4) is 0 Å². The third-order valence-electron chi connectivity index (χ3n) is 4.93. The molecule has 0 fully saturated rings. The van der Waals surface area contributed by atoms with E-state index >= 15 is 0 Å². The Balaban J connectivity index is 2.68. The van der Waals surface area contributed by atoms with Crippen LogP contribution in [0.1, 0.15) is 80.2 Å². The van der Waals surface area contributed by atoms with E-state index in [4.69, 9.17) is 11.6 Å². The minimum atomic E-state index is -2.49. The Labute approximate surface area is 169 Å². The summed E-state index contributed by atoms with van der Waals surface area (Å²) in [6.07, 6.45) is 0. The van der Waals surface area contributed by atoms with Crippen LogP contribution < -0.4 is 4.72 Å². The van der Waals surface area contributed by atoms with Gasteiger partial charge in [-0.3, -0.25) is 4.21 Å². The molecule has 0 aliphatic heterocycles. The van der Waals surface area contributed by atoms with E-state index in [0.717, 1.165) is 5.56 Å². The van der Waals surface area contributed by atoms with Crippen molar-refractivity contribution in [1.82, 2.24) is 0 Å². The summed E-state index contributed by atoms with van der Waals surface area (Å²) in [7, 11) is 0. The lowest BCUT2D eigenvalue weighted by molar-refractivity contribution is 0.470. The van der Waals surface area contributed by atoms with Gasteiger partial charge in [-0.15, -0.1) is 0 Å². The predicted molar refractivity (Wildman–Crippen MR) is 113 cm³/mol. The van der Waals surface area contributed by atoms with Gasteiger partial charge in [-0.2, -0.15) is 0 Å². The topological polar surface area (TPSA) is 72.4 Å². The van der Waals surface area contributed by atoms with Gasteiger partial charge in [0, 0.05) is 22.7 Å². The molecule has 0 bridgehead atoms. The second-order valence-electron chi connectivity index (χ2n) is 7.62. The highest BCUT2D eigenvalue weighted by Crippen LogP contribution is 2.43. The zero-order valence-electron chi connectivity index (χ0n) is 16.6. The van der Waals surface area contributed by atoms with Crippen LogP contribution in [-0.2, 0) is 11.3 Å². The number of phenols is 1. The molecule has 2 atom stereocenters. The molecule has 2 aromatic carbocycles. The molecule has 2 rings (SSSR count). The average molecular weight is 409 g/mol. The van der Waals surface area contributed by atoms with Gasteiger partial charge in [0.15, 0.2) is 0 Å². The third kappa shape index (κ3) is 4.84. The summed E-state index contributed by atoms with van der Waals surface area (Å²) >= 11 is 3.96. The summed E-state index contributed by atoms with van der Waals surface area (Å²) < 4.78 is 24.9. The van der Waals surface area contributed by atoms with Crippen molar-refractivity contribution in [3.63, 3.8) is 0 Å². The summed E-state index contributed by atoms with van der Waals surface area (Å²) in [4.78, 5) is 0. The van der Waals surface area contributed by atoms with E-state index in [1.54, 1.807) is 13.0 Å². The fourth-order valence-corrected chi connectivity index (χ4v) is 3.93. The van der Waals surface area contributed by atoms with Gasteiger partial charge in [-0.05, 0) is 47.1 Å². The van der Waals surface area contributed by atoms with Crippen molar-refractivity contribution in [2.45, 2.75) is 59.3 Å². The van der Waals surface area contributed by atoms with E-state index in [0.29, 0.717) is 28.7 Å². The molecule has 27 heavy (non-hydrogen) atoms. The van der Waals surface area contributed by atoms with E-state index in [1.165, 1.54) is 11.1 Å². The third-order valence-corrected chi connectivity index (χ3v) is 5.70. The highest BCUT2D eigenvalue weighted by atomic mass is 35.5. The second kappa shape index (κ2) is 8.63.